The first-order chi connectivity index (χ1) is 28.5. The Hall–Kier alpha value is -5.36. The standard InChI is InChI=1S/C47H53Cl2N3O8/c1-8-27(3)39(52(7)46(57)59-26-35-33-21-15-13-19-31(33)32-20-14-16-22-34(32)35)44(55)50-38(25-29-23-36(48)40(53)37(49)24-29)43(54)51-42(47(5,6)58)45(56)60-41(28(4)9-2)30-17-11-10-12-18-30/h9-24,27-28,35,38-39,41-42,53,58H,2,8,25-26H2,1,3-7H3,(H,50,55)(H,51,54). The lowest BCUT2D eigenvalue weighted by Crippen LogP contribution is -2.61. The summed E-state index contributed by atoms with van der Waals surface area (Å²) in [7, 11) is 1.47. The number of carbonyl (C=O) groups is 4. The number of carbonyl (C=O) groups excluding carboxylic acids is 4. The Kier molecular flexibility index (Phi) is 15.1. The number of amides is 3. The average Bonchev–Trinajstić information content (AvgIpc) is 3.55. The molecule has 3 amide bonds. The van der Waals surface area contributed by atoms with Crippen LogP contribution in [0.4, 0.5) is 4.79 Å². The number of aromatic hydroxyl groups is 1. The van der Waals surface area contributed by atoms with Gasteiger partial charge in [0.15, 0.2) is 11.8 Å². The number of hydrogen-bond donors (Lipinski definition) is 4. The molecule has 4 aromatic rings. The number of nitrogens with one attached hydrogen (secondary N) is 2. The van der Waals surface area contributed by atoms with Crippen LogP contribution in [-0.4, -0.2) is 76.4 Å². The van der Waals surface area contributed by atoms with Gasteiger partial charge >= 0.3 is 12.1 Å². The number of nitrogens with zero attached hydrogens (tertiary/aromatic N) is 1. The number of likely N-dealkylation sites (N-methyl/N-ethyl adjacent to an activating group) is 1. The molecule has 4 aromatic carbocycles. The van der Waals surface area contributed by atoms with E-state index in [2.05, 4.69) is 17.2 Å². The summed E-state index contributed by atoms with van der Waals surface area (Å²) in [6, 6.07) is 23.6. The van der Waals surface area contributed by atoms with Crippen LogP contribution in [0.2, 0.25) is 10.0 Å². The Morgan fingerprint density at radius 2 is 1.43 bits per heavy atom. The first kappa shape index (κ1) is 45.7. The third kappa shape index (κ3) is 10.5. The molecule has 1 aliphatic carbocycles. The lowest BCUT2D eigenvalue weighted by molar-refractivity contribution is -0.162. The Labute approximate surface area is 361 Å². The smallest absolute Gasteiger partial charge is 0.410 e. The number of esters is 1. The van der Waals surface area contributed by atoms with Gasteiger partial charge in [-0.1, -0.05) is 135 Å². The lowest BCUT2D eigenvalue weighted by Gasteiger charge is -2.34. The minimum Gasteiger partial charge on any atom is -0.505 e. The normalized spacial score (nSPS) is 15.2. The van der Waals surface area contributed by atoms with Crippen LogP contribution in [-0.2, 0) is 30.3 Å². The Morgan fingerprint density at radius 1 is 0.883 bits per heavy atom. The maximum absolute atomic E-state index is 14.4. The number of rotatable bonds is 17. The molecule has 13 heteroatoms. The van der Waals surface area contributed by atoms with Gasteiger partial charge in [0.25, 0.3) is 0 Å². The predicted octanol–water partition coefficient (Wildman–Crippen LogP) is 8.38. The van der Waals surface area contributed by atoms with Crippen molar-refractivity contribution >= 4 is 47.1 Å². The van der Waals surface area contributed by atoms with Gasteiger partial charge in [0.1, 0.15) is 24.8 Å². The molecule has 60 heavy (non-hydrogen) atoms. The van der Waals surface area contributed by atoms with Gasteiger partial charge in [0.2, 0.25) is 11.8 Å². The number of fused-ring (bicyclic) bond motifs is 3. The summed E-state index contributed by atoms with van der Waals surface area (Å²) in [5.74, 6) is -3.77. The van der Waals surface area contributed by atoms with Crippen molar-refractivity contribution in [3.05, 3.63) is 136 Å². The van der Waals surface area contributed by atoms with E-state index in [0.29, 0.717) is 17.5 Å². The molecule has 1 aliphatic rings. The van der Waals surface area contributed by atoms with Crippen molar-refractivity contribution in [2.45, 2.75) is 83.2 Å². The third-order valence-electron chi connectivity index (χ3n) is 11.1. The van der Waals surface area contributed by atoms with Crippen molar-refractivity contribution in [2.24, 2.45) is 11.8 Å². The van der Waals surface area contributed by atoms with Gasteiger partial charge in [0.05, 0.1) is 15.6 Å². The number of aliphatic hydroxyl groups is 1. The van der Waals surface area contributed by atoms with Crippen molar-refractivity contribution in [3.8, 4) is 16.9 Å². The fourth-order valence-electron chi connectivity index (χ4n) is 7.49. The highest BCUT2D eigenvalue weighted by Gasteiger charge is 2.41. The zero-order valence-electron chi connectivity index (χ0n) is 34.7. The Balaban J connectivity index is 1.40. The molecular weight excluding hydrogens is 805 g/mol. The average molecular weight is 859 g/mol. The van der Waals surface area contributed by atoms with Gasteiger partial charge in [-0.15, -0.1) is 6.58 Å². The molecule has 6 atom stereocenters. The maximum Gasteiger partial charge on any atom is 0.410 e. The van der Waals surface area contributed by atoms with E-state index in [1.807, 2.05) is 68.4 Å². The van der Waals surface area contributed by atoms with Gasteiger partial charge in [-0.2, -0.15) is 0 Å². The van der Waals surface area contributed by atoms with E-state index in [4.69, 9.17) is 32.7 Å². The number of phenolic OH excluding ortho intramolecular Hbond substituents is 1. The first-order valence-electron chi connectivity index (χ1n) is 19.9. The van der Waals surface area contributed by atoms with E-state index >= 15 is 0 Å². The summed E-state index contributed by atoms with van der Waals surface area (Å²) in [4.78, 5) is 57.7. The van der Waals surface area contributed by atoms with Crippen molar-refractivity contribution < 1.29 is 38.9 Å². The summed E-state index contributed by atoms with van der Waals surface area (Å²) in [6.45, 7) is 12.1. The molecular formula is C47H53Cl2N3O8. The maximum atomic E-state index is 14.4. The van der Waals surface area contributed by atoms with Crippen molar-refractivity contribution in [2.75, 3.05) is 13.7 Å². The van der Waals surface area contributed by atoms with Crippen LogP contribution in [0.3, 0.4) is 0 Å². The lowest BCUT2D eigenvalue weighted by atomic mass is 9.95. The van der Waals surface area contributed by atoms with Crippen molar-refractivity contribution in [1.29, 1.82) is 0 Å². The minimum atomic E-state index is -1.84. The van der Waals surface area contributed by atoms with Crippen LogP contribution in [0, 0.1) is 11.8 Å². The van der Waals surface area contributed by atoms with E-state index in [1.54, 1.807) is 37.3 Å². The van der Waals surface area contributed by atoms with Crippen LogP contribution in [0.1, 0.15) is 75.3 Å². The molecule has 318 valence electrons. The van der Waals surface area contributed by atoms with Gasteiger partial charge in [-0.05, 0) is 65.3 Å². The molecule has 5 rings (SSSR count). The SMILES string of the molecule is C=CC(C)C(OC(=O)C(NC(=O)C(Cc1cc(Cl)c(O)c(Cl)c1)NC(=O)C(C(C)CC)N(C)C(=O)OCC1c2ccccc2-c2ccccc21)C(C)(C)O)c1ccccc1. The Morgan fingerprint density at radius 3 is 1.97 bits per heavy atom. The van der Waals surface area contributed by atoms with Crippen molar-refractivity contribution in [1.82, 2.24) is 15.5 Å². The van der Waals surface area contributed by atoms with Crippen LogP contribution < -0.4 is 10.6 Å². The number of benzene rings is 4. The molecule has 0 radical (unpaired) electrons. The van der Waals surface area contributed by atoms with Crippen molar-refractivity contribution in [3.63, 3.8) is 0 Å². The van der Waals surface area contributed by atoms with Gasteiger partial charge in [-0.3, -0.25) is 14.5 Å². The van der Waals surface area contributed by atoms with Crippen LogP contribution in [0.5, 0.6) is 5.75 Å². The largest absolute Gasteiger partial charge is 0.505 e. The first-order valence-corrected chi connectivity index (χ1v) is 20.7. The Bertz CT molecular complexity index is 2120. The molecule has 4 N–H and O–H groups in total. The highest BCUT2D eigenvalue weighted by molar-refractivity contribution is 6.37. The number of halogens is 2. The topological polar surface area (TPSA) is 154 Å². The predicted molar refractivity (Wildman–Crippen MR) is 233 cm³/mol. The molecule has 0 saturated heterocycles. The molecule has 6 unspecified atom stereocenters. The van der Waals surface area contributed by atoms with Crippen LogP contribution >= 0.6 is 23.2 Å². The minimum absolute atomic E-state index is 0.0323. The number of phenols is 1. The second kappa shape index (κ2) is 19.8. The summed E-state index contributed by atoms with van der Waals surface area (Å²) in [5.41, 5.74) is 3.42. The third-order valence-corrected chi connectivity index (χ3v) is 11.7. The van der Waals surface area contributed by atoms with Crippen LogP contribution in [0.25, 0.3) is 11.1 Å². The quantitative estimate of drug-likeness (QED) is 0.0610. The fraction of sp³-hybridized carbons (Fsp3) is 0.362. The molecule has 0 fully saturated rings. The summed E-state index contributed by atoms with van der Waals surface area (Å²) in [6.07, 6.45) is 0.376. The second-order valence-corrected chi connectivity index (χ2v) is 16.7. The highest BCUT2D eigenvalue weighted by Crippen LogP contribution is 2.44. The van der Waals surface area contributed by atoms with E-state index in [0.717, 1.165) is 22.3 Å². The zero-order chi connectivity index (χ0) is 43.9. The highest BCUT2D eigenvalue weighted by atomic mass is 35.5. The number of hydrogen-bond acceptors (Lipinski definition) is 8. The molecule has 0 spiro atoms. The van der Waals surface area contributed by atoms with E-state index in [9.17, 15) is 29.4 Å². The van der Waals surface area contributed by atoms with E-state index in [-0.39, 0.29) is 40.7 Å². The summed E-state index contributed by atoms with van der Waals surface area (Å²) in [5, 5.41) is 26.7. The molecule has 11 nitrogen and oxygen atoms in total. The second-order valence-electron chi connectivity index (χ2n) is 15.9. The van der Waals surface area contributed by atoms with E-state index < -0.39 is 59.6 Å². The molecule has 0 aliphatic heterocycles. The molecule has 0 bridgehead atoms. The monoisotopic (exact) mass is 857 g/mol. The molecule has 0 saturated carbocycles. The number of ether oxygens (including phenoxy) is 2. The molecule has 0 heterocycles. The van der Waals surface area contributed by atoms with Crippen LogP contribution in [0.15, 0.2) is 104 Å². The zero-order valence-corrected chi connectivity index (χ0v) is 36.2. The van der Waals surface area contributed by atoms with Gasteiger partial charge in [-0.25, -0.2) is 9.59 Å². The summed E-state index contributed by atoms with van der Waals surface area (Å²) >= 11 is 12.5. The van der Waals surface area contributed by atoms with Gasteiger partial charge < -0.3 is 30.3 Å². The van der Waals surface area contributed by atoms with E-state index in [1.165, 1.54) is 37.9 Å². The summed E-state index contributed by atoms with van der Waals surface area (Å²) < 4.78 is 11.9. The fourth-order valence-corrected chi connectivity index (χ4v) is 8.02. The molecule has 0 aromatic heterocycles. The van der Waals surface area contributed by atoms with Gasteiger partial charge in [0, 0.05) is 25.3 Å².